The van der Waals surface area contributed by atoms with Gasteiger partial charge in [0.2, 0.25) is 5.91 Å². The van der Waals surface area contributed by atoms with Crippen molar-refractivity contribution in [2.75, 3.05) is 0 Å². The van der Waals surface area contributed by atoms with Crippen LogP contribution in [0.2, 0.25) is 0 Å². The summed E-state index contributed by atoms with van der Waals surface area (Å²) in [6.07, 6.45) is 6.79. The zero-order valence-electron chi connectivity index (χ0n) is 9.45. The van der Waals surface area contributed by atoms with Gasteiger partial charge in [-0.1, -0.05) is 18.9 Å². The highest BCUT2D eigenvalue weighted by Gasteiger charge is 2.22. The monoisotopic (exact) mass is 225 g/mol. The summed E-state index contributed by atoms with van der Waals surface area (Å²) in [5.41, 5.74) is 0. The highest BCUT2D eigenvalue weighted by Crippen LogP contribution is 2.27. The van der Waals surface area contributed by atoms with Crippen molar-refractivity contribution in [3.63, 3.8) is 0 Å². The number of rotatable bonds is 6. The Hall–Kier alpha value is -1.32. The summed E-state index contributed by atoms with van der Waals surface area (Å²) in [7, 11) is 0. The number of aliphatic carboxylic acids is 1. The third-order valence-electron chi connectivity index (χ3n) is 2.98. The van der Waals surface area contributed by atoms with Crippen LogP contribution in [0.3, 0.4) is 0 Å². The Morgan fingerprint density at radius 3 is 2.56 bits per heavy atom. The molecule has 0 aromatic heterocycles. The Kier molecular flexibility index (Phi) is 5.02. The zero-order chi connectivity index (χ0) is 12.0. The second-order valence-electron chi connectivity index (χ2n) is 4.34. The molecular weight excluding hydrogens is 206 g/mol. The van der Waals surface area contributed by atoms with E-state index in [1.807, 2.05) is 0 Å². The van der Waals surface area contributed by atoms with E-state index < -0.39 is 12.0 Å². The lowest BCUT2D eigenvalue weighted by Crippen LogP contribution is -2.40. The molecule has 1 fully saturated rings. The maximum absolute atomic E-state index is 11.6. The van der Waals surface area contributed by atoms with Crippen molar-refractivity contribution in [1.82, 2.24) is 5.32 Å². The van der Waals surface area contributed by atoms with Crippen LogP contribution in [0.5, 0.6) is 0 Å². The largest absolute Gasteiger partial charge is 0.480 e. The van der Waals surface area contributed by atoms with E-state index in [4.69, 9.17) is 5.11 Å². The molecule has 2 N–H and O–H groups in total. The van der Waals surface area contributed by atoms with Gasteiger partial charge in [0, 0.05) is 6.42 Å². The van der Waals surface area contributed by atoms with Crippen LogP contribution >= 0.6 is 0 Å². The predicted octanol–water partition coefficient (Wildman–Crippen LogP) is 1.71. The maximum atomic E-state index is 11.6. The molecule has 1 amide bonds. The van der Waals surface area contributed by atoms with Crippen LogP contribution in [0.4, 0.5) is 0 Å². The topological polar surface area (TPSA) is 66.4 Å². The summed E-state index contributed by atoms with van der Waals surface area (Å²) in [4.78, 5) is 22.4. The molecular formula is C12H19NO3. The fraction of sp³-hybridized carbons (Fsp3) is 0.667. The van der Waals surface area contributed by atoms with Crippen molar-refractivity contribution in [3.8, 4) is 0 Å². The Labute approximate surface area is 95.7 Å². The third kappa shape index (κ3) is 4.04. The molecule has 0 aromatic carbocycles. The average Bonchev–Trinajstić information content (AvgIpc) is 2.69. The van der Waals surface area contributed by atoms with Crippen LogP contribution in [0.25, 0.3) is 0 Å². The molecule has 1 saturated carbocycles. The van der Waals surface area contributed by atoms with E-state index in [9.17, 15) is 9.59 Å². The van der Waals surface area contributed by atoms with E-state index in [1.54, 1.807) is 0 Å². The van der Waals surface area contributed by atoms with Crippen molar-refractivity contribution in [3.05, 3.63) is 12.7 Å². The van der Waals surface area contributed by atoms with Crippen molar-refractivity contribution in [2.45, 2.75) is 44.6 Å². The lowest BCUT2D eigenvalue weighted by molar-refractivity contribution is -0.141. The first-order valence-electron chi connectivity index (χ1n) is 5.76. The Morgan fingerprint density at radius 2 is 2.06 bits per heavy atom. The van der Waals surface area contributed by atoms with Gasteiger partial charge in [0.1, 0.15) is 6.04 Å². The molecule has 16 heavy (non-hydrogen) atoms. The quantitative estimate of drug-likeness (QED) is 0.676. The van der Waals surface area contributed by atoms with Gasteiger partial charge in [0.15, 0.2) is 0 Å². The van der Waals surface area contributed by atoms with Gasteiger partial charge >= 0.3 is 5.97 Å². The number of nitrogens with one attached hydrogen (secondary N) is 1. The molecule has 1 aliphatic rings. The summed E-state index contributed by atoms with van der Waals surface area (Å²) < 4.78 is 0. The fourth-order valence-electron chi connectivity index (χ4n) is 2.12. The minimum absolute atomic E-state index is 0.152. The van der Waals surface area contributed by atoms with E-state index in [-0.39, 0.29) is 12.3 Å². The maximum Gasteiger partial charge on any atom is 0.326 e. The molecule has 0 aliphatic heterocycles. The number of hydrogen-bond acceptors (Lipinski definition) is 2. The zero-order valence-corrected chi connectivity index (χ0v) is 9.45. The number of amides is 1. The molecule has 1 rings (SSSR count). The minimum atomic E-state index is -1.00. The predicted molar refractivity (Wildman–Crippen MR) is 61.0 cm³/mol. The van der Waals surface area contributed by atoms with E-state index in [0.29, 0.717) is 12.3 Å². The first kappa shape index (κ1) is 12.7. The molecule has 0 aromatic rings. The number of carboxylic acids is 1. The summed E-state index contributed by atoms with van der Waals surface area (Å²) >= 11 is 0. The molecule has 1 atom stereocenters. The van der Waals surface area contributed by atoms with Gasteiger partial charge in [-0.2, -0.15) is 0 Å². The number of hydrogen-bond donors (Lipinski definition) is 2. The summed E-state index contributed by atoms with van der Waals surface area (Å²) in [5.74, 6) is -0.709. The van der Waals surface area contributed by atoms with Crippen LogP contribution in [-0.4, -0.2) is 23.0 Å². The van der Waals surface area contributed by atoms with Gasteiger partial charge < -0.3 is 10.4 Å². The average molecular weight is 225 g/mol. The number of carboxylic acid groups (broad SMARTS) is 1. The molecule has 0 spiro atoms. The van der Waals surface area contributed by atoms with Gasteiger partial charge in [-0.25, -0.2) is 4.79 Å². The third-order valence-corrected chi connectivity index (χ3v) is 2.98. The standard InChI is InChI=1S/C12H19NO3/c1-2-5-10(12(15)16)13-11(14)8-9-6-3-4-7-9/h2,9-10H,1,3-8H2,(H,13,14)(H,15,16)/t10-/m0/s1. The molecule has 0 bridgehead atoms. The minimum Gasteiger partial charge on any atom is -0.480 e. The molecule has 0 radical (unpaired) electrons. The number of carbonyl (C=O) groups is 2. The van der Waals surface area contributed by atoms with Gasteiger partial charge in [-0.3, -0.25) is 4.79 Å². The van der Waals surface area contributed by atoms with Crippen LogP contribution < -0.4 is 5.32 Å². The van der Waals surface area contributed by atoms with E-state index in [1.165, 1.54) is 18.9 Å². The normalized spacial score (nSPS) is 18.0. The Bertz CT molecular complexity index is 269. The fourth-order valence-corrected chi connectivity index (χ4v) is 2.12. The SMILES string of the molecule is C=CC[C@H](NC(=O)CC1CCCC1)C(=O)O. The molecule has 4 nitrogen and oxygen atoms in total. The lowest BCUT2D eigenvalue weighted by Gasteiger charge is -2.14. The van der Waals surface area contributed by atoms with E-state index >= 15 is 0 Å². The Morgan fingerprint density at radius 1 is 1.44 bits per heavy atom. The van der Waals surface area contributed by atoms with Gasteiger partial charge in [0.05, 0.1) is 0 Å². The second kappa shape index (κ2) is 6.30. The van der Waals surface area contributed by atoms with Gasteiger partial charge in [-0.05, 0) is 25.2 Å². The Balaban J connectivity index is 2.35. The molecule has 0 saturated heterocycles. The highest BCUT2D eigenvalue weighted by molar-refractivity contribution is 5.83. The van der Waals surface area contributed by atoms with E-state index in [2.05, 4.69) is 11.9 Å². The molecule has 90 valence electrons. The van der Waals surface area contributed by atoms with Gasteiger partial charge in [-0.15, -0.1) is 6.58 Å². The summed E-state index contributed by atoms with van der Waals surface area (Å²) in [5, 5.41) is 11.4. The molecule has 1 aliphatic carbocycles. The molecule has 4 heteroatoms. The lowest BCUT2D eigenvalue weighted by atomic mass is 10.0. The summed E-state index contributed by atoms with van der Waals surface area (Å²) in [6.45, 7) is 3.48. The second-order valence-corrected chi connectivity index (χ2v) is 4.34. The van der Waals surface area contributed by atoms with E-state index in [0.717, 1.165) is 12.8 Å². The first-order valence-corrected chi connectivity index (χ1v) is 5.76. The van der Waals surface area contributed by atoms with Crippen LogP contribution in [-0.2, 0) is 9.59 Å². The van der Waals surface area contributed by atoms with Crippen molar-refractivity contribution >= 4 is 11.9 Å². The number of carbonyl (C=O) groups excluding carboxylic acids is 1. The van der Waals surface area contributed by atoms with Crippen molar-refractivity contribution < 1.29 is 14.7 Å². The van der Waals surface area contributed by atoms with Gasteiger partial charge in [0.25, 0.3) is 0 Å². The summed E-state index contributed by atoms with van der Waals surface area (Å²) in [6, 6.07) is -0.827. The van der Waals surface area contributed by atoms with Crippen LogP contribution in [0.1, 0.15) is 38.5 Å². The van der Waals surface area contributed by atoms with Crippen LogP contribution in [0.15, 0.2) is 12.7 Å². The highest BCUT2D eigenvalue weighted by atomic mass is 16.4. The molecule has 0 heterocycles. The van der Waals surface area contributed by atoms with Crippen LogP contribution in [0, 0.1) is 5.92 Å². The molecule has 0 unspecified atom stereocenters. The smallest absolute Gasteiger partial charge is 0.326 e. The van der Waals surface area contributed by atoms with Crippen molar-refractivity contribution in [2.24, 2.45) is 5.92 Å². The first-order chi connectivity index (χ1) is 7.63. The van der Waals surface area contributed by atoms with Crippen molar-refractivity contribution in [1.29, 1.82) is 0 Å².